The molecule has 1 fully saturated rings. The van der Waals surface area contributed by atoms with Crippen LogP contribution in [0.4, 0.5) is 0 Å². The van der Waals surface area contributed by atoms with Crippen molar-refractivity contribution in [3.63, 3.8) is 0 Å². The van der Waals surface area contributed by atoms with Crippen LogP contribution in [-0.4, -0.2) is 32.2 Å². The number of fused-ring (bicyclic) bond motifs is 1. The van der Waals surface area contributed by atoms with Gasteiger partial charge in [-0.25, -0.2) is 0 Å². The largest absolute Gasteiger partial charge is 0.466 e. The number of aromatic nitrogens is 2. The average molecular weight is 329 g/mol. The monoisotopic (exact) mass is 329 g/mol. The van der Waals surface area contributed by atoms with Crippen LogP contribution >= 0.6 is 0 Å². The molecule has 3 heterocycles. The Morgan fingerprint density at radius 1 is 1.33 bits per heavy atom. The van der Waals surface area contributed by atoms with Crippen molar-refractivity contribution in [2.75, 3.05) is 6.54 Å². The van der Waals surface area contributed by atoms with E-state index in [1.165, 1.54) is 0 Å². The number of furan rings is 1. The third kappa shape index (κ3) is 2.75. The summed E-state index contributed by atoms with van der Waals surface area (Å²) in [7, 11) is 0. The van der Waals surface area contributed by atoms with E-state index in [4.69, 9.17) is 4.42 Å². The Kier molecular flexibility index (Phi) is 3.72. The second-order valence-electron chi connectivity index (χ2n) is 6.97. The van der Waals surface area contributed by atoms with Crippen LogP contribution in [0.5, 0.6) is 0 Å². The van der Waals surface area contributed by atoms with E-state index < -0.39 is 6.10 Å². The molecule has 1 saturated carbocycles. The molecule has 0 bridgehead atoms. The van der Waals surface area contributed by atoms with Gasteiger partial charge in [0.25, 0.3) is 5.91 Å². The quantitative estimate of drug-likeness (QED) is 0.939. The molecule has 1 atom stereocenters. The minimum Gasteiger partial charge on any atom is -0.466 e. The van der Waals surface area contributed by atoms with Crippen molar-refractivity contribution in [1.29, 1.82) is 0 Å². The Balaban J connectivity index is 1.57. The summed E-state index contributed by atoms with van der Waals surface area (Å²) in [5.41, 5.74) is 2.38. The maximum Gasteiger partial charge on any atom is 0.257 e. The molecule has 1 amide bonds. The lowest BCUT2D eigenvalue weighted by Gasteiger charge is -2.19. The number of hydrogen-bond acceptors (Lipinski definition) is 4. The molecule has 1 aliphatic heterocycles. The lowest BCUT2D eigenvalue weighted by atomic mass is 10.1. The van der Waals surface area contributed by atoms with Crippen molar-refractivity contribution in [3.05, 3.63) is 40.6 Å². The molecule has 0 unspecified atom stereocenters. The summed E-state index contributed by atoms with van der Waals surface area (Å²) in [6.45, 7) is 5.68. The van der Waals surface area contributed by atoms with Crippen LogP contribution in [0.2, 0.25) is 0 Å². The highest BCUT2D eigenvalue weighted by molar-refractivity contribution is 5.95. The molecule has 4 rings (SSSR count). The molecular formula is C18H23N3O3. The molecule has 6 heteroatoms. The van der Waals surface area contributed by atoms with Gasteiger partial charge in [-0.3, -0.25) is 9.48 Å². The van der Waals surface area contributed by atoms with E-state index in [9.17, 15) is 9.90 Å². The number of carbonyl (C=O) groups is 1. The van der Waals surface area contributed by atoms with Gasteiger partial charge in [0.2, 0.25) is 0 Å². The zero-order valence-electron chi connectivity index (χ0n) is 14.2. The summed E-state index contributed by atoms with van der Waals surface area (Å²) < 4.78 is 7.44. The predicted octanol–water partition coefficient (Wildman–Crippen LogP) is 2.58. The topological polar surface area (TPSA) is 71.5 Å². The highest BCUT2D eigenvalue weighted by atomic mass is 16.3. The molecular weight excluding hydrogens is 306 g/mol. The third-order valence-corrected chi connectivity index (χ3v) is 4.96. The average Bonchev–Trinajstić information content (AvgIpc) is 3.28. The predicted molar refractivity (Wildman–Crippen MR) is 87.5 cm³/mol. The molecule has 0 aromatic carbocycles. The van der Waals surface area contributed by atoms with Gasteiger partial charge in [0.05, 0.1) is 23.5 Å². The summed E-state index contributed by atoms with van der Waals surface area (Å²) in [6, 6.07) is 3.77. The fraction of sp³-hybridized carbons (Fsp3) is 0.556. The van der Waals surface area contributed by atoms with Crippen LogP contribution in [0.1, 0.15) is 58.6 Å². The second kappa shape index (κ2) is 5.77. The zero-order chi connectivity index (χ0) is 16.8. The highest BCUT2D eigenvalue weighted by Gasteiger charge is 2.33. The van der Waals surface area contributed by atoms with Crippen LogP contribution in [0.3, 0.4) is 0 Å². The smallest absolute Gasteiger partial charge is 0.257 e. The first-order valence-corrected chi connectivity index (χ1v) is 8.64. The Bertz CT molecular complexity index is 773. The molecule has 128 valence electrons. The van der Waals surface area contributed by atoms with Crippen LogP contribution in [0.15, 0.2) is 16.5 Å². The van der Waals surface area contributed by atoms with E-state index in [-0.39, 0.29) is 5.91 Å². The summed E-state index contributed by atoms with van der Waals surface area (Å²) in [5.74, 6) is 1.78. The van der Waals surface area contributed by atoms with E-state index in [0.717, 1.165) is 43.0 Å². The number of nitrogens with zero attached hydrogens (tertiary/aromatic N) is 3. The van der Waals surface area contributed by atoms with Crippen molar-refractivity contribution in [2.24, 2.45) is 5.92 Å². The van der Waals surface area contributed by atoms with Crippen LogP contribution < -0.4 is 0 Å². The fourth-order valence-corrected chi connectivity index (χ4v) is 3.47. The molecule has 0 spiro atoms. The molecule has 2 aromatic heterocycles. The normalized spacial score (nSPS) is 19.0. The maximum atomic E-state index is 12.8. The number of aryl methyl sites for hydroxylation is 3. The molecule has 2 aromatic rings. The van der Waals surface area contributed by atoms with Gasteiger partial charge >= 0.3 is 0 Å². The van der Waals surface area contributed by atoms with Crippen LogP contribution in [-0.2, 0) is 13.1 Å². The SMILES string of the molecule is Cc1cc(C(=O)N2CCCn3nc([C@H](O)C4CC4)cc3C2)c(C)o1. The van der Waals surface area contributed by atoms with Gasteiger partial charge in [-0.15, -0.1) is 0 Å². The van der Waals surface area contributed by atoms with E-state index in [0.29, 0.717) is 30.3 Å². The summed E-state index contributed by atoms with van der Waals surface area (Å²) in [4.78, 5) is 14.7. The van der Waals surface area contributed by atoms with Crippen molar-refractivity contribution in [1.82, 2.24) is 14.7 Å². The molecule has 1 aliphatic carbocycles. The number of amides is 1. The van der Waals surface area contributed by atoms with Gasteiger partial charge in [0, 0.05) is 13.1 Å². The Morgan fingerprint density at radius 2 is 2.12 bits per heavy atom. The van der Waals surface area contributed by atoms with Crippen molar-refractivity contribution in [3.8, 4) is 0 Å². The molecule has 2 aliphatic rings. The van der Waals surface area contributed by atoms with Crippen LogP contribution in [0, 0.1) is 19.8 Å². The fourth-order valence-electron chi connectivity index (χ4n) is 3.47. The highest BCUT2D eigenvalue weighted by Crippen LogP contribution is 2.40. The summed E-state index contributed by atoms with van der Waals surface area (Å²) >= 11 is 0. The van der Waals surface area contributed by atoms with Crippen molar-refractivity contribution >= 4 is 5.91 Å². The first kappa shape index (κ1) is 15.4. The number of hydrogen-bond donors (Lipinski definition) is 1. The molecule has 0 radical (unpaired) electrons. The minimum atomic E-state index is -0.465. The lowest BCUT2D eigenvalue weighted by molar-refractivity contribution is 0.0744. The third-order valence-electron chi connectivity index (χ3n) is 4.96. The first-order valence-electron chi connectivity index (χ1n) is 8.64. The van der Waals surface area contributed by atoms with Gasteiger partial charge in [0.15, 0.2) is 0 Å². The van der Waals surface area contributed by atoms with E-state index in [1.54, 1.807) is 0 Å². The zero-order valence-corrected chi connectivity index (χ0v) is 14.2. The van der Waals surface area contributed by atoms with E-state index in [2.05, 4.69) is 5.10 Å². The maximum absolute atomic E-state index is 12.8. The Hall–Kier alpha value is -2.08. The Morgan fingerprint density at radius 3 is 2.79 bits per heavy atom. The number of rotatable bonds is 3. The molecule has 24 heavy (non-hydrogen) atoms. The summed E-state index contributed by atoms with van der Waals surface area (Å²) in [6.07, 6.45) is 2.54. The molecule has 6 nitrogen and oxygen atoms in total. The minimum absolute atomic E-state index is 0.00305. The lowest BCUT2D eigenvalue weighted by Crippen LogP contribution is -2.30. The molecule has 0 saturated heterocycles. The number of carbonyl (C=O) groups excluding carboxylic acids is 1. The Labute approximate surface area is 141 Å². The van der Waals surface area contributed by atoms with Gasteiger partial charge in [0.1, 0.15) is 17.6 Å². The number of aliphatic hydroxyl groups excluding tert-OH is 1. The standard InChI is InChI=1S/C18H23N3O3/c1-11-8-15(12(2)24-11)18(23)20-6-3-7-21-14(10-20)9-16(19-21)17(22)13-4-5-13/h8-9,13,17,22H,3-7,10H2,1-2H3/t17-/m1/s1. The molecule has 1 N–H and O–H groups in total. The van der Waals surface area contributed by atoms with Gasteiger partial charge in [-0.2, -0.15) is 5.10 Å². The van der Waals surface area contributed by atoms with Gasteiger partial charge in [-0.05, 0) is 51.2 Å². The van der Waals surface area contributed by atoms with Crippen LogP contribution in [0.25, 0.3) is 0 Å². The second-order valence-corrected chi connectivity index (χ2v) is 6.97. The van der Waals surface area contributed by atoms with E-state index in [1.807, 2.05) is 35.6 Å². The first-order chi connectivity index (χ1) is 11.5. The summed E-state index contributed by atoms with van der Waals surface area (Å²) in [5, 5.41) is 14.9. The van der Waals surface area contributed by atoms with Gasteiger partial charge < -0.3 is 14.4 Å². The van der Waals surface area contributed by atoms with Gasteiger partial charge in [-0.1, -0.05) is 0 Å². The van der Waals surface area contributed by atoms with Crippen molar-refractivity contribution < 1.29 is 14.3 Å². The van der Waals surface area contributed by atoms with Crippen molar-refractivity contribution in [2.45, 2.75) is 52.3 Å². The van der Waals surface area contributed by atoms with E-state index >= 15 is 0 Å². The number of aliphatic hydroxyl groups is 1.